The van der Waals surface area contributed by atoms with Crippen LogP contribution in [0, 0.1) is 0 Å². The zero-order chi connectivity index (χ0) is 26.6. The zero-order valence-electron chi connectivity index (χ0n) is 19.3. The SMILES string of the molecule is NC(=O)c1c(-c2cnc(-n3nccn3)c(C(F)(F)F)c2)nn(C2=CC=CN3C(=C=O)C=CN=C23)c1C1CC1. The van der Waals surface area contributed by atoms with Gasteiger partial charge in [-0.25, -0.2) is 19.5 Å². The molecule has 0 aromatic carbocycles. The lowest BCUT2D eigenvalue weighted by Gasteiger charge is -2.27. The van der Waals surface area contributed by atoms with Crippen LogP contribution in [-0.4, -0.2) is 52.3 Å². The summed E-state index contributed by atoms with van der Waals surface area (Å²) in [5.41, 5.74) is 5.59. The number of rotatable bonds is 5. The van der Waals surface area contributed by atoms with Gasteiger partial charge in [0.1, 0.15) is 22.7 Å². The van der Waals surface area contributed by atoms with Gasteiger partial charge < -0.3 is 5.73 Å². The largest absolute Gasteiger partial charge is 0.420 e. The first-order valence-corrected chi connectivity index (χ1v) is 11.3. The average Bonchev–Trinajstić information content (AvgIpc) is 3.43. The number of amidine groups is 1. The van der Waals surface area contributed by atoms with E-state index in [1.165, 1.54) is 40.4 Å². The Bertz CT molecular complexity index is 1650. The molecule has 3 aliphatic rings. The highest BCUT2D eigenvalue weighted by Gasteiger charge is 2.40. The molecule has 1 fully saturated rings. The number of carbonyl (C=O) groups excluding carboxylic acids is 2. The fourth-order valence-corrected chi connectivity index (χ4v) is 4.39. The summed E-state index contributed by atoms with van der Waals surface area (Å²) in [7, 11) is 0. The second-order valence-corrected chi connectivity index (χ2v) is 8.59. The smallest absolute Gasteiger partial charge is 0.365 e. The van der Waals surface area contributed by atoms with Gasteiger partial charge in [0.2, 0.25) is 0 Å². The van der Waals surface area contributed by atoms with E-state index in [0.717, 1.165) is 23.7 Å². The highest BCUT2D eigenvalue weighted by atomic mass is 19.4. The fourth-order valence-electron chi connectivity index (χ4n) is 4.39. The number of hydrogen-bond acceptors (Lipinski definition) is 8. The molecule has 5 heterocycles. The van der Waals surface area contributed by atoms with E-state index in [0.29, 0.717) is 17.2 Å². The molecule has 1 amide bonds. The zero-order valence-corrected chi connectivity index (χ0v) is 19.3. The molecule has 2 aliphatic heterocycles. The number of carbonyl (C=O) groups is 1. The van der Waals surface area contributed by atoms with Gasteiger partial charge in [-0.05, 0) is 37.1 Å². The van der Waals surface area contributed by atoms with Crippen molar-refractivity contribution in [3.8, 4) is 17.1 Å². The quantitative estimate of drug-likeness (QED) is 0.512. The van der Waals surface area contributed by atoms with Gasteiger partial charge in [-0.15, -0.1) is 4.80 Å². The van der Waals surface area contributed by atoms with E-state index < -0.39 is 23.5 Å². The van der Waals surface area contributed by atoms with E-state index >= 15 is 0 Å². The van der Waals surface area contributed by atoms with E-state index in [2.05, 4.69) is 25.3 Å². The van der Waals surface area contributed by atoms with E-state index in [9.17, 15) is 22.8 Å². The molecule has 38 heavy (non-hydrogen) atoms. The summed E-state index contributed by atoms with van der Waals surface area (Å²) < 4.78 is 43.6. The summed E-state index contributed by atoms with van der Waals surface area (Å²) in [4.78, 5) is 34.8. The van der Waals surface area contributed by atoms with Gasteiger partial charge >= 0.3 is 6.18 Å². The topological polar surface area (TPSA) is 137 Å². The van der Waals surface area contributed by atoms with Crippen molar-refractivity contribution in [3.63, 3.8) is 0 Å². The molecular formula is C24H16F3N9O2. The molecule has 0 atom stereocenters. The van der Waals surface area contributed by atoms with E-state index in [1.807, 2.05) is 5.94 Å². The Balaban J connectivity index is 1.56. The first kappa shape index (κ1) is 23.3. The Morgan fingerprint density at radius 1 is 1.18 bits per heavy atom. The number of nitrogens with two attached hydrogens (primary N) is 1. The number of halogens is 3. The second kappa shape index (κ2) is 8.49. The lowest BCUT2D eigenvalue weighted by Crippen LogP contribution is -2.32. The van der Waals surface area contributed by atoms with Crippen LogP contribution in [0.2, 0.25) is 0 Å². The molecule has 14 heteroatoms. The molecule has 1 saturated carbocycles. The van der Waals surface area contributed by atoms with Crippen molar-refractivity contribution >= 4 is 23.4 Å². The van der Waals surface area contributed by atoms with Crippen LogP contribution in [-0.2, 0) is 11.0 Å². The van der Waals surface area contributed by atoms with Gasteiger partial charge in [-0.1, -0.05) is 0 Å². The summed E-state index contributed by atoms with van der Waals surface area (Å²) >= 11 is 0. The molecule has 2 N–H and O–H groups in total. The number of hydrogen-bond donors (Lipinski definition) is 1. The molecule has 0 saturated heterocycles. The van der Waals surface area contributed by atoms with Gasteiger partial charge in [0.15, 0.2) is 17.6 Å². The maximum absolute atomic E-state index is 14.1. The Labute approximate surface area is 211 Å². The van der Waals surface area contributed by atoms with Gasteiger partial charge in [-0.3, -0.25) is 9.69 Å². The maximum atomic E-state index is 14.1. The number of aromatic nitrogens is 6. The molecule has 3 aromatic heterocycles. The normalized spacial score (nSPS) is 16.7. The summed E-state index contributed by atoms with van der Waals surface area (Å²) in [6, 6.07) is 0.844. The predicted molar refractivity (Wildman–Crippen MR) is 127 cm³/mol. The third-order valence-corrected chi connectivity index (χ3v) is 6.15. The Hall–Kier alpha value is -5.10. The van der Waals surface area contributed by atoms with Crippen molar-refractivity contribution in [1.82, 2.24) is 34.7 Å². The monoisotopic (exact) mass is 519 g/mol. The molecule has 11 nitrogen and oxygen atoms in total. The highest BCUT2D eigenvalue weighted by molar-refractivity contribution is 6.20. The van der Waals surface area contributed by atoms with Crippen LogP contribution in [0.4, 0.5) is 13.2 Å². The lowest BCUT2D eigenvalue weighted by molar-refractivity contribution is -0.137. The third kappa shape index (κ3) is 3.74. The number of nitrogens with zero attached hydrogens (tertiary/aromatic N) is 8. The van der Waals surface area contributed by atoms with Crippen molar-refractivity contribution in [2.45, 2.75) is 24.9 Å². The average molecular weight is 519 g/mol. The van der Waals surface area contributed by atoms with Gasteiger partial charge in [0.05, 0.1) is 23.7 Å². The summed E-state index contributed by atoms with van der Waals surface area (Å²) in [5, 5.41) is 12.1. The van der Waals surface area contributed by atoms with Crippen molar-refractivity contribution in [2.75, 3.05) is 0 Å². The molecular weight excluding hydrogens is 503 g/mol. The minimum absolute atomic E-state index is 0.00695. The van der Waals surface area contributed by atoms with E-state index in [1.54, 1.807) is 18.4 Å². The van der Waals surface area contributed by atoms with Crippen molar-refractivity contribution in [3.05, 3.63) is 77.8 Å². The fraction of sp³-hybridized carbons (Fsp3) is 0.167. The van der Waals surface area contributed by atoms with Crippen molar-refractivity contribution in [1.29, 1.82) is 0 Å². The molecule has 1 aliphatic carbocycles. The van der Waals surface area contributed by atoms with Crippen LogP contribution < -0.4 is 5.73 Å². The maximum Gasteiger partial charge on any atom is 0.420 e. The second-order valence-electron chi connectivity index (χ2n) is 8.59. The standard InChI is InChI=1S/C24H16F3N9O2/c25-24(26,27)16-10-14(11-30-22(16)36-31-7-8-32-36)19-18(21(28)38)20(13-3-4-13)35(33-19)17-2-1-9-34-15(12-37)5-6-29-23(17)34/h1-2,5-11,13H,3-4H2,(H2,28,38). The first-order chi connectivity index (χ1) is 18.3. The Morgan fingerprint density at radius 3 is 2.61 bits per heavy atom. The molecule has 0 unspecified atom stereocenters. The summed E-state index contributed by atoms with van der Waals surface area (Å²) in [6.45, 7) is 0. The summed E-state index contributed by atoms with van der Waals surface area (Å²) in [5.74, 6) is 0.700. The minimum Gasteiger partial charge on any atom is -0.365 e. The molecule has 3 aromatic rings. The van der Waals surface area contributed by atoms with Crippen molar-refractivity contribution < 1.29 is 22.8 Å². The van der Waals surface area contributed by atoms with E-state index in [4.69, 9.17) is 5.73 Å². The van der Waals surface area contributed by atoms with Crippen LogP contribution >= 0.6 is 0 Å². The predicted octanol–water partition coefficient (Wildman–Crippen LogP) is 2.83. The van der Waals surface area contributed by atoms with Crippen LogP contribution in [0.3, 0.4) is 0 Å². The summed E-state index contributed by atoms with van der Waals surface area (Å²) in [6.07, 6.45) is 8.15. The number of pyridine rings is 1. The first-order valence-electron chi connectivity index (χ1n) is 11.3. The van der Waals surface area contributed by atoms with Gasteiger partial charge in [-0.2, -0.15) is 28.5 Å². The number of allylic oxidation sites excluding steroid dienone is 3. The van der Waals surface area contributed by atoms with Crippen LogP contribution in [0.5, 0.6) is 0 Å². The van der Waals surface area contributed by atoms with Crippen LogP contribution in [0.1, 0.15) is 40.4 Å². The number of amides is 1. The molecule has 0 radical (unpaired) electrons. The number of alkyl halides is 3. The number of fused-ring (bicyclic) bond motifs is 1. The van der Waals surface area contributed by atoms with Crippen LogP contribution in [0.25, 0.3) is 22.8 Å². The molecule has 190 valence electrons. The van der Waals surface area contributed by atoms with Gasteiger partial charge in [0.25, 0.3) is 5.91 Å². The molecule has 0 bridgehead atoms. The molecule has 6 rings (SSSR count). The molecule has 0 spiro atoms. The van der Waals surface area contributed by atoms with E-state index in [-0.39, 0.29) is 28.4 Å². The minimum atomic E-state index is -4.81. The highest BCUT2D eigenvalue weighted by Crippen LogP contribution is 2.46. The Morgan fingerprint density at radius 2 is 1.95 bits per heavy atom. The number of primary amides is 1. The van der Waals surface area contributed by atoms with Gasteiger partial charge in [0, 0.05) is 30.1 Å². The lowest BCUT2D eigenvalue weighted by atomic mass is 10.0. The van der Waals surface area contributed by atoms with Crippen LogP contribution in [0.15, 0.2) is 66.0 Å². The Kier molecular flexibility index (Phi) is 5.21. The van der Waals surface area contributed by atoms with Crippen molar-refractivity contribution in [2.24, 2.45) is 10.7 Å². The number of aliphatic imine (C=N–C) groups is 1. The third-order valence-electron chi connectivity index (χ3n) is 6.15.